The van der Waals surface area contributed by atoms with Gasteiger partial charge in [0, 0.05) is 17.4 Å². The second-order valence-electron chi connectivity index (χ2n) is 3.52. The number of aryl methyl sites for hydroxylation is 1. The molecule has 2 aromatic rings. The first-order valence-electron chi connectivity index (χ1n) is 4.99. The molecule has 0 radical (unpaired) electrons. The maximum atomic E-state index is 12.7. The highest BCUT2D eigenvalue weighted by Crippen LogP contribution is 2.09. The lowest BCUT2D eigenvalue weighted by Crippen LogP contribution is -2.19. The third-order valence-electron chi connectivity index (χ3n) is 2.05. The second-order valence-corrected chi connectivity index (χ2v) is 3.93. The van der Waals surface area contributed by atoms with Crippen LogP contribution in [0.3, 0.4) is 0 Å². The van der Waals surface area contributed by atoms with Crippen LogP contribution in [0.25, 0.3) is 0 Å². The number of hydrogen-bond acceptors (Lipinski definition) is 2. The first-order valence-corrected chi connectivity index (χ1v) is 5.40. The molecule has 88 valence electrons. The summed E-state index contributed by atoms with van der Waals surface area (Å²) in [6.07, 6.45) is 0. The summed E-state index contributed by atoms with van der Waals surface area (Å²) in [5.74, 6) is 0.361. The van der Waals surface area contributed by atoms with Gasteiger partial charge in [-0.3, -0.25) is 5.10 Å². The van der Waals surface area contributed by atoms with Crippen molar-refractivity contribution in [3.63, 3.8) is 0 Å². The topological polar surface area (TPSA) is 52.7 Å². The monoisotopic (exact) mass is 250 g/mol. The van der Waals surface area contributed by atoms with Crippen LogP contribution in [0.4, 0.5) is 15.9 Å². The molecule has 0 aliphatic heterocycles. The quantitative estimate of drug-likeness (QED) is 0.717. The van der Waals surface area contributed by atoms with Crippen LogP contribution >= 0.6 is 12.2 Å². The molecule has 0 spiro atoms. The van der Waals surface area contributed by atoms with E-state index in [0.717, 1.165) is 11.4 Å². The number of thiocarbonyl (C=S) groups is 1. The Bertz CT molecular complexity index is 521. The van der Waals surface area contributed by atoms with Gasteiger partial charge >= 0.3 is 0 Å². The largest absolute Gasteiger partial charge is 0.332 e. The number of nitrogens with one attached hydrogen (secondary N) is 3. The van der Waals surface area contributed by atoms with Crippen molar-refractivity contribution in [2.24, 2.45) is 0 Å². The number of aromatic nitrogens is 2. The highest BCUT2D eigenvalue weighted by molar-refractivity contribution is 7.80. The standard InChI is InChI=1S/C11H11FN4S/c1-7-6-10(16-15-7)14-11(17)13-9-4-2-8(12)3-5-9/h2-6H,1H3,(H3,13,14,15,16,17). The molecular formula is C11H11FN4S. The lowest BCUT2D eigenvalue weighted by Gasteiger charge is -2.07. The number of benzene rings is 1. The molecular weight excluding hydrogens is 239 g/mol. The van der Waals surface area contributed by atoms with Crippen molar-refractivity contribution >= 4 is 28.8 Å². The summed E-state index contributed by atoms with van der Waals surface area (Å²) in [7, 11) is 0. The van der Waals surface area contributed by atoms with E-state index in [1.807, 2.05) is 13.0 Å². The summed E-state index contributed by atoms with van der Waals surface area (Å²) in [6.45, 7) is 1.90. The molecule has 0 fully saturated rings. The lowest BCUT2D eigenvalue weighted by molar-refractivity contribution is 0.628. The predicted molar refractivity (Wildman–Crippen MR) is 69.6 cm³/mol. The van der Waals surface area contributed by atoms with Crippen molar-refractivity contribution in [2.75, 3.05) is 10.6 Å². The fourth-order valence-corrected chi connectivity index (χ4v) is 1.52. The number of rotatable bonds is 2. The minimum atomic E-state index is -0.280. The fourth-order valence-electron chi connectivity index (χ4n) is 1.29. The smallest absolute Gasteiger partial charge is 0.176 e. The van der Waals surface area contributed by atoms with Crippen molar-refractivity contribution in [3.8, 4) is 0 Å². The fraction of sp³-hybridized carbons (Fsp3) is 0.0909. The van der Waals surface area contributed by atoms with E-state index >= 15 is 0 Å². The van der Waals surface area contributed by atoms with Crippen LogP contribution < -0.4 is 10.6 Å². The first-order chi connectivity index (χ1) is 8.13. The van der Waals surface area contributed by atoms with Gasteiger partial charge in [-0.15, -0.1) is 0 Å². The minimum absolute atomic E-state index is 0.280. The number of halogens is 1. The van der Waals surface area contributed by atoms with Crippen molar-refractivity contribution < 1.29 is 4.39 Å². The Kier molecular flexibility index (Phi) is 3.34. The van der Waals surface area contributed by atoms with E-state index in [2.05, 4.69) is 20.8 Å². The van der Waals surface area contributed by atoms with Crippen molar-refractivity contribution in [1.29, 1.82) is 0 Å². The van der Waals surface area contributed by atoms with Crippen LogP contribution in [-0.4, -0.2) is 15.3 Å². The summed E-state index contributed by atoms with van der Waals surface area (Å²) in [6, 6.07) is 7.78. The molecule has 0 aliphatic rings. The van der Waals surface area contributed by atoms with Crippen LogP contribution in [-0.2, 0) is 0 Å². The molecule has 0 saturated heterocycles. The summed E-state index contributed by atoms with van der Waals surface area (Å²) >= 11 is 5.09. The molecule has 0 bridgehead atoms. The van der Waals surface area contributed by atoms with Crippen LogP contribution in [0.5, 0.6) is 0 Å². The number of hydrogen-bond donors (Lipinski definition) is 3. The van der Waals surface area contributed by atoms with Gasteiger partial charge < -0.3 is 10.6 Å². The Labute approximate surface area is 103 Å². The van der Waals surface area contributed by atoms with E-state index in [1.165, 1.54) is 12.1 Å². The Hall–Kier alpha value is -1.95. The lowest BCUT2D eigenvalue weighted by atomic mass is 10.3. The average molecular weight is 250 g/mol. The van der Waals surface area contributed by atoms with Crippen LogP contribution in [0.2, 0.25) is 0 Å². The normalized spacial score (nSPS) is 10.0. The van der Waals surface area contributed by atoms with Crippen molar-refractivity contribution in [2.45, 2.75) is 6.92 Å². The van der Waals surface area contributed by atoms with Gasteiger partial charge in [-0.05, 0) is 43.4 Å². The number of aromatic amines is 1. The van der Waals surface area contributed by atoms with Crippen LogP contribution in [0.1, 0.15) is 5.69 Å². The Morgan fingerprint density at radius 1 is 1.29 bits per heavy atom. The Morgan fingerprint density at radius 3 is 2.59 bits per heavy atom. The van der Waals surface area contributed by atoms with E-state index in [9.17, 15) is 4.39 Å². The zero-order valence-corrected chi connectivity index (χ0v) is 9.94. The molecule has 0 unspecified atom stereocenters. The van der Waals surface area contributed by atoms with Crippen molar-refractivity contribution in [3.05, 3.63) is 41.8 Å². The average Bonchev–Trinajstić information content (AvgIpc) is 2.67. The molecule has 0 aliphatic carbocycles. The second kappa shape index (κ2) is 4.92. The van der Waals surface area contributed by atoms with Crippen LogP contribution in [0, 0.1) is 12.7 Å². The van der Waals surface area contributed by atoms with Gasteiger partial charge in [0.25, 0.3) is 0 Å². The zero-order chi connectivity index (χ0) is 12.3. The Morgan fingerprint density at radius 2 is 2.00 bits per heavy atom. The Balaban J connectivity index is 1.95. The summed E-state index contributed by atoms with van der Waals surface area (Å²) < 4.78 is 12.7. The molecule has 17 heavy (non-hydrogen) atoms. The molecule has 4 nitrogen and oxygen atoms in total. The summed E-state index contributed by atoms with van der Waals surface area (Å²) in [5, 5.41) is 13.0. The summed E-state index contributed by atoms with van der Waals surface area (Å²) in [4.78, 5) is 0. The van der Waals surface area contributed by atoms with Gasteiger partial charge in [0.1, 0.15) is 5.82 Å². The van der Waals surface area contributed by atoms with E-state index in [1.54, 1.807) is 12.1 Å². The molecule has 0 amide bonds. The van der Waals surface area contributed by atoms with Gasteiger partial charge in [0.2, 0.25) is 0 Å². The third kappa shape index (κ3) is 3.25. The maximum Gasteiger partial charge on any atom is 0.176 e. The molecule has 2 rings (SSSR count). The van der Waals surface area contributed by atoms with E-state index in [-0.39, 0.29) is 5.82 Å². The number of nitrogens with zero attached hydrogens (tertiary/aromatic N) is 1. The third-order valence-corrected chi connectivity index (χ3v) is 2.25. The molecule has 3 N–H and O–H groups in total. The molecule has 6 heteroatoms. The van der Waals surface area contributed by atoms with Gasteiger partial charge in [-0.2, -0.15) is 5.10 Å². The summed E-state index contributed by atoms with van der Waals surface area (Å²) in [5.41, 5.74) is 1.66. The molecule has 1 heterocycles. The SMILES string of the molecule is Cc1cc(NC(=S)Nc2ccc(F)cc2)n[nH]1. The van der Waals surface area contributed by atoms with Crippen molar-refractivity contribution in [1.82, 2.24) is 10.2 Å². The molecule has 1 aromatic carbocycles. The highest BCUT2D eigenvalue weighted by atomic mass is 32.1. The predicted octanol–water partition coefficient (Wildman–Crippen LogP) is 2.67. The van der Waals surface area contributed by atoms with E-state index in [0.29, 0.717) is 10.9 Å². The van der Waals surface area contributed by atoms with E-state index in [4.69, 9.17) is 12.2 Å². The zero-order valence-electron chi connectivity index (χ0n) is 9.12. The minimum Gasteiger partial charge on any atom is -0.332 e. The maximum absolute atomic E-state index is 12.7. The molecule has 0 saturated carbocycles. The van der Waals surface area contributed by atoms with Crippen LogP contribution in [0.15, 0.2) is 30.3 Å². The van der Waals surface area contributed by atoms with E-state index < -0.39 is 0 Å². The van der Waals surface area contributed by atoms with Gasteiger partial charge in [-0.1, -0.05) is 0 Å². The molecule has 1 aromatic heterocycles. The van der Waals surface area contributed by atoms with Gasteiger partial charge in [0.05, 0.1) is 0 Å². The number of H-pyrrole nitrogens is 1. The first kappa shape index (κ1) is 11.5. The molecule has 0 atom stereocenters. The highest BCUT2D eigenvalue weighted by Gasteiger charge is 2.01. The number of anilines is 2. The van der Waals surface area contributed by atoms with Gasteiger partial charge in [-0.25, -0.2) is 4.39 Å². The van der Waals surface area contributed by atoms with Gasteiger partial charge in [0.15, 0.2) is 10.9 Å².